The van der Waals surface area contributed by atoms with Gasteiger partial charge in [-0.2, -0.15) is 0 Å². The average Bonchev–Trinajstić information content (AvgIpc) is 3.63. The molecule has 5 rings (SSSR count). The van der Waals surface area contributed by atoms with E-state index in [1.807, 2.05) is 74.7 Å². The number of anilines is 1. The number of sulfonamides is 1. The molecule has 0 heterocycles. The molecular weight excluding hydrogens is 655 g/mol. The molecule has 1 atom stereocenters. The monoisotopic (exact) mass is 699 g/mol. The first-order chi connectivity index (χ1) is 23.7. The number of aryl methyl sites for hydroxylation is 1. The number of benzene rings is 4. The van der Waals surface area contributed by atoms with Gasteiger partial charge >= 0.3 is 0 Å². The Kier molecular flexibility index (Phi) is 12.4. The molecule has 4 aromatic carbocycles. The number of thioether (sulfide) groups is 1. The molecule has 2 amide bonds. The van der Waals surface area contributed by atoms with E-state index in [9.17, 15) is 18.0 Å². The molecule has 0 bridgehead atoms. The summed E-state index contributed by atoms with van der Waals surface area (Å²) in [5.41, 5.74) is 3.13. The van der Waals surface area contributed by atoms with Crippen LogP contribution in [-0.4, -0.2) is 56.6 Å². The van der Waals surface area contributed by atoms with Crippen LogP contribution in [0.4, 0.5) is 5.69 Å². The van der Waals surface area contributed by atoms with Crippen LogP contribution in [0.3, 0.4) is 0 Å². The summed E-state index contributed by atoms with van der Waals surface area (Å²) in [6.07, 6.45) is 6.10. The predicted octanol–water partition coefficient (Wildman–Crippen LogP) is 7.01. The fourth-order valence-electron chi connectivity index (χ4n) is 6.09. The van der Waals surface area contributed by atoms with Gasteiger partial charge in [0.25, 0.3) is 10.0 Å². The number of carbonyl (C=O) groups excluding carboxylic acids is 2. The minimum atomic E-state index is -4.20. The SMILES string of the molecule is CCOc1ccc(N(CC(=O)N(Cc2ccc(C)cc2)C(Cc2ccccc2)C(=O)NC2CCCC2)S(=O)(=O)c2ccc(SC)cc2)cc1. The maximum absolute atomic E-state index is 14.7. The fourth-order valence-corrected chi connectivity index (χ4v) is 7.91. The summed E-state index contributed by atoms with van der Waals surface area (Å²) >= 11 is 1.51. The van der Waals surface area contributed by atoms with Crippen LogP contribution in [-0.2, 0) is 32.6 Å². The van der Waals surface area contributed by atoms with Crippen LogP contribution in [0.25, 0.3) is 0 Å². The Hall–Kier alpha value is -4.28. The van der Waals surface area contributed by atoms with Crippen molar-refractivity contribution >= 4 is 39.3 Å². The van der Waals surface area contributed by atoms with Gasteiger partial charge in [-0.05, 0) is 92.6 Å². The van der Waals surface area contributed by atoms with Crippen molar-refractivity contribution in [2.45, 2.75) is 74.4 Å². The topological polar surface area (TPSA) is 96.0 Å². The molecule has 1 aliphatic carbocycles. The molecule has 8 nitrogen and oxygen atoms in total. The number of ether oxygens (including phenoxy) is 1. The van der Waals surface area contributed by atoms with Crippen molar-refractivity contribution in [2.75, 3.05) is 23.7 Å². The minimum Gasteiger partial charge on any atom is -0.494 e. The lowest BCUT2D eigenvalue weighted by Crippen LogP contribution is -2.54. The highest BCUT2D eigenvalue weighted by Gasteiger charge is 2.35. The number of nitrogens with zero attached hydrogens (tertiary/aromatic N) is 2. The van der Waals surface area contributed by atoms with Gasteiger partial charge in [0.05, 0.1) is 17.2 Å². The predicted molar refractivity (Wildman–Crippen MR) is 196 cm³/mol. The van der Waals surface area contributed by atoms with Gasteiger partial charge in [-0.1, -0.05) is 73.0 Å². The number of hydrogen-bond acceptors (Lipinski definition) is 6. The van der Waals surface area contributed by atoms with Crippen LogP contribution in [0.1, 0.15) is 49.3 Å². The van der Waals surface area contributed by atoms with Gasteiger partial charge in [-0.15, -0.1) is 11.8 Å². The third-order valence-electron chi connectivity index (χ3n) is 8.81. The molecule has 1 unspecified atom stereocenters. The molecule has 1 saturated carbocycles. The number of hydrogen-bond donors (Lipinski definition) is 1. The van der Waals surface area contributed by atoms with E-state index in [1.54, 1.807) is 53.4 Å². The fraction of sp³-hybridized carbons (Fsp3) is 0.333. The van der Waals surface area contributed by atoms with Crippen LogP contribution >= 0.6 is 11.8 Å². The van der Waals surface area contributed by atoms with E-state index in [-0.39, 0.29) is 29.8 Å². The third kappa shape index (κ3) is 9.45. The summed E-state index contributed by atoms with van der Waals surface area (Å²) in [5, 5.41) is 3.22. The molecule has 1 aliphatic rings. The summed E-state index contributed by atoms with van der Waals surface area (Å²) in [6, 6.07) is 29.9. The summed E-state index contributed by atoms with van der Waals surface area (Å²) in [5.74, 6) is -0.132. The Morgan fingerprint density at radius 1 is 0.878 bits per heavy atom. The van der Waals surface area contributed by atoms with Crippen molar-refractivity contribution < 1.29 is 22.7 Å². The van der Waals surface area contributed by atoms with Gasteiger partial charge in [-0.3, -0.25) is 13.9 Å². The maximum atomic E-state index is 14.7. The van der Waals surface area contributed by atoms with Crippen LogP contribution in [0.5, 0.6) is 5.75 Å². The summed E-state index contributed by atoms with van der Waals surface area (Å²) < 4.78 is 35.5. The molecule has 0 radical (unpaired) electrons. The molecule has 10 heteroatoms. The van der Waals surface area contributed by atoms with Crippen molar-refractivity contribution in [3.8, 4) is 5.75 Å². The lowest BCUT2D eigenvalue weighted by Gasteiger charge is -2.34. The molecule has 258 valence electrons. The summed E-state index contributed by atoms with van der Waals surface area (Å²) in [6.45, 7) is 3.95. The molecular formula is C39H45N3O5S2. The van der Waals surface area contributed by atoms with E-state index >= 15 is 0 Å². The van der Waals surface area contributed by atoms with E-state index in [2.05, 4.69) is 5.32 Å². The highest BCUT2D eigenvalue weighted by molar-refractivity contribution is 7.98. The van der Waals surface area contributed by atoms with E-state index < -0.39 is 28.5 Å². The molecule has 0 aliphatic heterocycles. The van der Waals surface area contributed by atoms with Gasteiger partial charge in [-0.25, -0.2) is 8.42 Å². The molecule has 1 fully saturated rings. The van der Waals surface area contributed by atoms with Crippen molar-refractivity contribution in [1.82, 2.24) is 10.2 Å². The van der Waals surface area contributed by atoms with Crippen LogP contribution in [0.2, 0.25) is 0 Å². The summed E-state index contributed by atoms with van der Waals surface area (Å²) in [7, 11) is -4.20. The standard InChI is InChI=1S/C39H45N3O5S2/c1-4-47-34-20-18-33(19-21-34)42(49(45,46)36-24-22-35(48-3)23-25-36)28-38(43)41(27-31-16-14-29(2)15-17-31)37(26-30-10-6-5-7-11-30)39(44)40-32-12-8-9-13-32/h5-7,10-11,14-25,32,37H,4,8-9,12-13,26-28H2,1-3H3,(H,40,44). The molecule has 1 N–H and O–H groups in total. The second-order valence-corrected chi connectivity index (χ2v) is 15.1. The average molecular weight is 700 g/mol. The first-order valence-electron chi connectivity index (χ1n) is 16.8. The van der Waals surface area contributed by atoms with Crippen molar-refractivity contribution in [1.29, 1.82) is 0 Å². The Labute approximate surface area is 294 Å². The van der Waals surface area contributed by atoms with Gasteiger partial charge in [0, 0.05) is 23.9 Å². The van der Waals surface area contributed by atoms with Gasteiger partial charge in [0.15, 0.2) is 0 Å². The number of amides is 2. The highest BCUT2D eigenvalue weighted by atomic mass is 32.2. The number of nitrogens with one attached hydrogen (secondary N) is 1. The quantitative estimate of drug-likeness (QED) is 0.134. The van der Waals surface area contributed by atoms with Crippen LogP contribution in [0, 0.1) is 6.92 Å². The Balaban J connectivity index is 1.56. The van der Waals surface area contributed by atoms with E-state index in [1.165, 1.54) is 11.8 Å². The lowest BCUT2D eigenvalue weighted by molar-refractivity contribution is -0.140. The van der Waals surface area contributed by atoms with Crippen LogP contribution < -0.4 is 14.4 Å². The second kappa shape index (κ2) is 16.9. The number of rotatable bonds is 15. The highest BCUT2D eigenvalue weighted by Crippen LogP contribution is 2.28. The Bertz CT molecular complexity index is 1780. The first kappa shape index (κ1) is 36.0. The smallest absolute Gasteiger partial charge is 0.264 e. The van der Waals surface area contributed by atoms with E-state index in [0.29, 0.717) is 18.0 Å². The first-order valence-corrected chi connectivity index (χ1v) is 19.4. The van der Waals surface area contributed by atoms with Gasteiger partial charge in [0.1, 0.15) is 18.3 Å². The van der Waals surface area contributed by atoms with Crippen molar-refractivity contribution in [2.24, 2.45) is 0 Å². The Morgan fingerprint density at radius 2 is 1.53 bits per heavy atom. The zero-order valence-electron chi connectivity index (χ0n) is 28.4. The zero-order valence-corrected chi connectivity index (χ0v) is 30.0. The van der Waals surface area contributed by atoms with Crippen molar-refractivity contribution in [3.63, 3.8) is 0 Å². The van der Waals surface area contributed by atoms with E-state index in [0.717, 1.165) is 51.6 Å². The molecule has 49 heavy (non-hydrogen) atoms. The van der Waals surface area contributed by atoms with Gasteiger partial charge < -0.3 is 15.0 Å². The normalized spacial score (nSPS) is 13.9. The second-order valence-electron chi connectivity index (χ2n) is 12.3. The zero-order chi connectivity index (χ0) is 34.8. The van der Waals surface area contributed by atoms with Crippen LogP contribution in [0.15, 0.2) is 113 Å². The molecule has 0 aromatic heterocycles. The molecule has 4 aromatic rings. The van der Waals surface area contributed by atoms with Gasteiger partial charge in [0.2, 0.25) is 11.8 Å². The molecule has 0 saturated heterocycles. The van der Waals surface area contributed by atoms with Crippen molar-refractivity contribution in [3.05, 3.63) is 120 Å². The summed E-state index contributed by atoms with van der Waals surface area (Å²) in [4.78, 5) is 31.4. The largest absolute Gasteiger partial charge is 0.494 e. The maximum Gasteiger partial charge on any atom is 0.264 e. The third-order valence-corrected chi connectivity index (χ3v) is 11.3. The minimum absolute atomic E-state index is 0.0482. The molecule has 0 spiro atoms. The Morgan fingerprint density at radius 3 is 2.14 bits per heavy atom. The number of carbonyl (C=O) groups is 2. The van der Waals surface area contributed by atoms with E-state index in [4.69, 9.17) is 4.74 Å². The lowest BCUT2D eigenvalue weighted by atomic mass is 10.0.